The summed E-state index contributed by atoms with van der Waals surface area (Å²) in [5.41, 5.74) is 0. The van der Waals surface area contributed by atoms with Crippen molar-refractivity contribution in [1.29, 1.82) is 0 Å². The van der Waals surface area contributed by atoms with Crippen LogP contribution in [-0.2, 0) is 0 Å². The van der Waals surface area contributed by atoms with E-state index in [1.165, 1.54) is 6.33 Å². The summed E-state index contributed by atoms with van der Waals surface area (Å²) in [5, 5.41) is 22.8. The first kappa shape index (κ1) is 11.3. The fourth-order valence-electron chi connectivity index (χ4n) is 2.24. The summed E-state index contributed by atoms with van der Waals surface area (Å²) < 4.78 is 0. The monoisotopic (exact) mass is 223 g/mol. The van der Waals surface area contributed by atoms with Gasteiger partial charge < -0.3 is 15.5 Å². The molecule has 5 nitrogen and oxygen atoms in total. The normalized spacial score (nSPS) is 33.9. The fraction of sp³-hybridized carbons (Fsp3) is 0.636. The molecular formula is C11H17N3O2. The number of aliphatic hydroxyl groups is 2. The third-order valence-electron chi connectivity index (χ3n) is 3.24. The van der Waals surface area contributed by atoms with Crippen LogP contribution in [0, 0.1) is 5.92 Å². The zero-order valence-corrected chi connectivity index (χ0v) is 9.24. The van der Waals surface area contributed by atoms with Crippen molar-refractivity contribution in [3.05, 3.63) is 18.6 Å². The number of hydrogen-bond donors (Lipinski definition) is 3. The number of rotatable bonds is 3. The standard InChI is InChI=1S/C11H17N3O2/c1-2-7-5-8(11(16)10(7)15)14-9-3-4-12-6-13-9/h3-4,6-8,10-11,15-16H,2,5H2,1H3,(H,12,13,14)/t7-,8+,10+,11-/m0/s1. The predicted molar refractivity (Wildman–Crippen MR) is 59.9 cm³/mol. The van der Waals surface area contributed by atoms with E-state index < -0.39 is 12.2 Å². The molecule has 1 saturated carbocycles. The van der Waals surface area contributed by atoms with Crippen LogP contribution in [0.1, 0.15) is 19.8 Å². The quantitative estimate of drug-likeness (QED) is 0.691. The van der Waals surface area contributed by atoms with Crippen molar-refractivity contribution in [2.45, 2.75) is 38.0 Å². The first-order chi connectivity index (χ1) is 7.72. The van der Waals surface area contributed by atoms with Gasteiger partial charge in [-0.2, -0.15) is 0 Å². The van der Waals surface area contributed by atoms with Gasteiger partial charge in [0.25, 0.3) is 0 Å². The van der Waals surface area contributed by atoms with E-state index in [1.54, 1.807) is 12.3 Å². The highest BCUT2D eigenvalue weighted by molar-refractivity contribution is 5.34. The molecule has 1 heterocycles. The van der Waals surface area contributed by atoms with Crippen LogP contribution in [0.3, 0.4) is 0 Å². The van der Waals surface area contributed by atoms with Crippen molar-refractivity contribution in [3.8, 4) is 0 Å². The Labute approximate surface area is 94.6 Å². The molecule has 1 fully saturated rings. The number of hydrogen-bond acceptors (Lipinski definition) is 5. The van der Waals surface area contributed by atoms with Gasteiger partial charge in [0, 0.05) is 6.20 Å². The minimum atomic E-state index is -0.722. The second-order valence-electron chi connectivity index (χ2n) is 4.23. The Morgan fingerprint density at radius 1 is 1.44 bits per heavy atom. The minimum Gasteiger partial charge on any atom is -0.390 e. The summed E-state index contributed by atoms with van der Waals surface area (Å²) in [7, 11) is 0. The van der Waals surface area contributed by atoms with Crippen molar-refractivity contribution in [1.82, 2.24) is 9.97 Å². The molecule has 0 bridgehead atoms. The number of nitrogens with zero attached hydrogens (tertiary/aromatic N) is 2. The van der Waals surface area contributed by atoms with Gasteiger partial charge >= 0.3 is 0 Å². The van der Waals surface area contributed by atoms with Crippen LogP contribution in [0.5, 0.6) is 0 Å². The van der Waals surface area contributed by atoms with Crippen molar-refractivity contribution in [2.75, 3.05) is 5.32 Å². The largest absolute Gasteiger partial charge is 0.390 e. The Kier molecular flexibility index (Phi) is 3.36. The highest BCUT2D eigenvalue weighted by atomic mass is 16.3. The smallest absolute Gasteiger partial charge is 0.129 e. The second-order valence-corrected chi connectivity index (χ2v) is 4.23. The van der Waals surface area contributed by atoms with Gasteiger partial charge in [0.05, 0.1) is 12.1 Å². The Hall–Kier alpha value is -1.20. The molecule has 5 heteroatoms. The van der Waals surface area contributed by atoms with Crippen molar-refractivity contribution < 1.29 is 10.2 Å². The highest BCUT2D eigenvalue weighted by Crippen LogP contribution is 2.30. The lowest BCUT2D eigenvalue weighted by Crippen LogP contribution is -2.35. The Morgan fingerprint density at radius 2 is 2.25 bits per heavy atom. The van der Waals surface area contributed by atoms with E-state index in [4.69, 9.17) is 0 Å². The van der Waals surface area contributed by atoms with Crippen LogP contribution in [0.4, 0.5) is 5.82 Å². The average Bonchev–Trinajstić information content (AvgIpc) is 2.58. The van der Waals surface area contributed by atoms with Gasteiger partial charge in [-0.25, -0.2) is 9.97 Å². The summed E-state index contributed by atoms with van der Waals surface area (Å²) in [6, 6.07) is 1.62. The van der Waals surface area contributed by atoms with Crippen LogP contribution in [0.15, 0.2) is 18.6 Å². The molecule has 0 saturated heterocycles. The van der Waals surface area contributed by atoms with E-state index in [-0.39, 0.29) is 12.0 Å². The van der Waals surface area contributed by atoms with Crippen molar-refractivity contribution in [3.63, 3.8) is 0 Å². The molecule has 0 unspecified atom stereocenters. The van der Waals surface area contributed by atoms with Crippen LogP contribution >= 0.6 is 0 Å². The van der Waals surface area contributed by atoms with E-state index in [0.717, 1.165) is 12.8 Å². The minimum absolute atomic E-state index is 0.130. The highest BCUT2D eigenvalue weighted by Gasteiger charge is 2.40. The molecule has 0 aliphatic heterocycles. The maximum atomic E-state index is 9.86. The van der Waals surface area contributed by atoms with Crippen LogP contribution in [0.25, 0.3) is 0 Å². The summed E-state index contributed by atoms with van der Waals surface area (Å²) in [6.07, 6.45) is 3.38. The zero-order chi connectivity index (χ0) is 11.5. The lowest BCUT2D eigenvalue weighted by molar-refractivity contribution is 0.0167. The molecule has 16 heavy (non-hydrogen) atoms. The molecule has 0 amide bonds. The maximum absolute atomic E-state index is 9.86. The van der Waals surface area contributed by atoms with Crippen LogP contribution in [-0.4, -0.2) is 38.4 Å². The number of nitrogens with one attached hydrogen (secondary N) is 1. The van der Waals surface area contributed by atoms with Gasteiger partial charge in [-0.05, 0) is 18.4 Å². The zero-order valence-electron chi connectivity index (χ0n) is 9.24. The molecule has 1 aromatic rings. The van der Waals surface area contributed by atoms with Gasteiger partial charge in [-0.15, -0.1) is 0 Å². The molecular weight excluding hydrogens is 206 g/mol. The van der Waals surface area contributed by atoms with Gasteiger partial charge in [0.1, 0.15) is 18.2 Å². The van der Waals surface area contributed by atoms with Gasteiger partial charge in [-0.1, -0.05) is 13.3 Å². The topological polar surface area (TPSA) is 78.3 Å². The van der Waals surface area contributed by atoms with E-state index in [2.05, 4.69) is 15.3 Å². The number of anilines is 1. The Morgan fingerprint density at radius 3 is 2.81 bits per heavy atom. The molecule has 1 aliphatic carbocycles. The van der Waals surface area contributed by atoms with E-state index in [9.17, 15) is 10.2 Å². The molecule has 1 aromatic heterocycles. The first-order valence-corrected chi connectivity index (χ1v) is 5.61. The molecule has 3 N–H and O–H groups in total. The number of aliphatic hydroxyl groups excluding tert-OH is 2. The lowest BCUT2D eigenvalue weighted by atomic mass is 10.0. The molecule has 4 atom stereocenters. The first-order valence-electron chi connectivity index (χ1n) is 5.61. The molecule has 88 valence electrons. The maximum Gasteiger partial charge on any atom is 0.129 e. The van der Waals surface area contributed by atoms with Crippen molar-refractivity contribution in [2.24, 2.45) is 5.92 Å². The van der Waals surface area contributed by atoms with E-state index in [1.807, 2.05) is 6.92 Å². The molecule has 2 rings (SSSR count). The SMILES string of the molecule is CC[C@H]1C[C@@H](Nc2ccncn2)[C@H](O)[C@@H]1O. The Balaban J connectivity index is 2.01. The van der Waals surface area contributed by atoms with Crippen LogP contribution in [0.2, 0.25) is 0 Å². The third kappa shape index (κ3) is 2.15. The number of aromatic nitrogens is 2. The summed E-state index contributed by atoms with van der Waals surface area (Å²) in [4.78, 5) is 7.86. The molecule has 0 radical (unpaired) electrons. The van der Waals surface area contributed by atoms with Crippen LogP contribution < -0.4 is 5.32 Å². The van der Waals surface area contributed by atoms with E-state index in [0.29, 0.717) is 5.82 Å². The summed E-state index contributed by atoms with van der Waals surface area (Å²) >= 11 is 0. The predicted octanol–water partition coefficient (Wildman–Crippen LogP) is 0.409. The lowest BCUT2D eigenvalue weighted by Gasteiger charge is -2.18. The summed E-state index contributed by atoms with van der Waals surface area (Å²) in [6.45, 7) is 2.02. The second kappa shape index (κ2) is 4.76. The molecule has 0 aromatic carbocycles. The van der Waals surface area contributed by atoms with Crippen molar-refractivity contribution >= 4 is 5.82 Å². The Bertz CT molecular complexity index is 333. The van der Waals surface area contributed by atoms with Gasteiger partial charge in [0.15, 0.2) is 0 Å². The summed E-state index contributed by atoms with van der Waals surface area (Å²) in [5.74, 6) is 0.845. The molecule has 1 aliphatic rings. The molecule has 0 spiro atoms. The average molecular weight is 223 g/mol. The van der Waals surface area contributed by atoms with E-state index >= 15 is 0 Å². The fourth-order valence-corrected chi connectivity index (χ4v) is 2.24. The van der Waals surface area contributed by atoms with Gasteiger partial charge in [-0.3, -0.25) is 0 Å². The third-order valence-corrected chi connectivity index (χ3v) is 3.24. The van der Waals surface area contributed by atoms with Gasteiger partial charge in [0.2, 0.25) is 0 Å².